The summed E-state index contributed by atoms with van der Waals surface area (Å²) in [6.07, 6.45) is 2.54. The van der Waals surface area contributed by atoms with E-state index in [1.54, 1.807) is 17.9 Å². The van der Waals surface area contributed by atoms with Crippen molar-refractivity contribution in [3.63, 3.8) is 0 Å². The Morgan fingerprint density at radius 2 is 1.83 bits per heavy atom. The van der Waals surface area contributed by atoms with Crippen molar-refractivity contribution in [1.82, 2.24) is 4.90 Å². The van der Waals surface area contributed by atoms with Crippen molar-refractivity contribution < 1.29 is 22.7 Å². The minimum absolute atomic E-state index is 0.0576. The maximum absolute atomic E-state index is 13.3. The van der Waals surface area contributed by atoms with Crippen molar-refractivity contribution >= 4 is 15.9 Å². The van der Waals surface area contributed by atoms with Gasteiger partial charge in [0.1, 0.15) is 0 Å². The third kappa shape index (κ3) is 3.95. The molecule has 0 radical (unpaired) electrons. The average Bonchev–Trinajstić information content (AvgIpc) is 3.05. The van der Waals surface area contributed by atoms with Crippen LogP contribution in [-0.4, -0.2) is 39.0 Å². The first-order valence-corrected chi connectivity index (χ1v) is 11.2. The van der Waals surface area contributed by atoms with E-state index in [2.05, 4.69) is 0 Å². The second-order valence-electron chi connectivity index (χ2n) is 7.43. The molecule has 2 aromatic rings. The Hall–Kier alpha value is -2.58. The van der Waals surface area contributed by atoms with Crippen molar-refractivity contribution in [2.75, 3.05) is 19.8 Å². The van der Waals surface area contributed by atoms with E-state index in [0.717, 1.165) is 30.6 Å². The molecule has 4 rings (SSSR count). The van der Waals surface area contributed by atoms with Crippen LogP contribution in [0.3, 0.4) is 0 Å². The third-order valence-electron chi connectivity index (χ3n) is 5.44. The molecule has 2 aromatic carbocycles. The lowest BCUT2D eigenvalue weighted by Crippen LogP contribution is -2.31. The van der Waals surface area contributed by atoms with E-state index in [1.165, 1.54) is 12.1 Å². The zero-order chi connectivity index (χ0) is 20.6. The first kappa shape index (κ1) is 19.7. The molecule has 2 aliphatic rings. The quantitative estimate of drug-likeness (QED) is 0.830. The lowest BCUT2D eigenvalue weighted by atomic mass is 10.0. The molecule has 29 heavy (non-hydrogen) atoms. The number of hydrogen-bond acceptors (Lipinski definition) is 5. The third-order valence-corrected chi connectivity index (χ3v) is 6.35. The first-order chi connectivity index (χ1) is 13.8. The van der Waals surface area contributed by atoms with Gasteiger partial charge >= 0.3 is 0 Å². The number of rotatable bonds is 3. The van der Waals surface area contributed by atoms with Crippen LogP contribution >= 0.6 is 0 Å². The molecule has 7 nitrogen and oxygen atoms in total. The van der Waals surface area contributed by atoms with Crippen LogP contribution in [0.15, 0.2) is 41.3 Å². The minimum atomic E-state index is -3.88. The minimum Gasteiger partial charge on any atom is -0.490 e. The molecule has 0 aliphatic carbocycles. The van der Waals surface area contributed by atoms with Gasteiger partial charge in [0.25, 0.3) is 5.91 Å². The van der Waals surface area contributed by atoms with E-state index in [9.17, 15) is 13.2 Å². The second-order valence-corrected chi connectivity index (χ2v) is 9.00. The topological polar surface area (TPSA) is 98.9 Å². The highest BCUT2D eigenvalue weighted by atomic mass is 32.2. The maximum Gasteiger partial charge on any atom is 0.254 e. The van der Waals surface area contributed by atoms with Gasteiger partial charge in [-0.1, -0.05) is 12.1 Å². The zero-order valence-electron chi connectivity index (χ0n) is 16.3. The smallest absolute Gasteiger partial charge is 0.254 e. The number of ether oxygens (including phenoxy) is 2. The van der Waals surface area contributed by atoms with Crippen molar-refractivity contribution in [1.29, 1.82) is 0 Å². The predicted octanol–water partition coefficient (Wildman–Crippen LogP) is 2.78. The van der Waals surface area contributed by atoms with E-state index in [0.29, 0.717) is 36.6 Å². The highest BCUT2D eigenvalue weighted by molar-refractivity contribution is 7.89. The number of primary sulfonamides is 1. The van der Waals surface area contributed by atoms with E-state index in [4.69, 9.17) is 14.6 Å². The van der Waals surface area contributed by atoms with Gasteiger partial charge in [-0.3, -0.25) is 4.79 Å². The number of amides is 1. The molecule has 1 atom stereocenters. The molecule has 0 bridgehead atoms. The Morgan fingerprint density at radius 3 is 2.59 bits per heavy atom. The lowest BCUT2D eigenvalue weighted by molar-refractivity contribution is 0.0734. The summed E-state index contributed by atoms with van der Waals surface area (Å²) >= 11 is 0. The average molecular weight is 416 g/mol. The van der Waals surface area contributed by atoms with Crippen LogP contribution in [0.1, 0.15) is 46.8 Å². The molecule has 2 heterocycles. The number of sulfonamides is 1. The van der Waals surface area contributed by atoms with Crippen LogP contribution < -0.4 is 14.6 Å². The highest BCUT2D eigenvalue weighted by Gasteiger charge is 2.32. The molecule has 1 fully saturated rings. The lowest BCUT2D eigenvalue weighted by Gasteiger charge is -2.26. The van der Waals surface area contributed by atoms with Crippen molar-refractivity contribution in [2.24, 2.45) is 5.14 Å². The van der Waals surface area contributed by atoms with Crippen molar-refractivity contribution in [2.45, 2.75) is 37.1 Å². The summed E-state index contributed by atoms with van der Waals surface area (Å²) in [7, 11) is -3.88. The van der Waals surface area contributed by atoms with Gasteiger partial charge in [-0.05, 0) is 55.2 Å². The summed E-state index contributed by atoms with van der Waals surface area (Å²) in [5.41, 5.74) is 2.06. The summed E-state index contributed by atoms with van der Waals surface area (Å²) < 4.78 is 34.9. The Morgan fingerprint density at radius 1 is 1.07 bits per heavy atom. The van der Waals surface area contributed by atoms with Crippen LogP contribution in [0.5, 0.6) is 11.5 Å². The van der Waals surface area contributed by atoms with Gasteiger partial charge in [-0.2, -0.15) is 0 Å². The van der Waals surface area contributed by atoms with Gasteiger partial charge in [0.15, 0.2) is 11.5 Å². The molecule has 2 aliphatic heterocycles. The Labute approximate surface area is 170 Å². The van der Waals surface area contributed by atoms with Crippen molar-refractivity contribution in [3.05, 3.63) is 53.1 Å². The van der Waals surface area contributed by atoms with Crippen LogP contribution in [0, 0.1) is 6.92 Å². The SMILES string of the molecule is Cc1ccc(S(N)(=O)=O)cc1C(=O)N1CCCC1c1ccc2c(c1)OCCCO2. The fourth-order valence-electron chi connectivity index (χ4n) is 3.91. The molecule has 154 valence electrons. The van der Waals surface area contributed by atoms with Gasteiger partial charge in [0.2, 0.25) is 10.0 Å². The fraction of sp³-hybridized carbons (Fsp3) is 0.381. The molecule has 8 heteroatoms. The normalized spacial score (nSPS) is 19.1. The Bertz CT molecular complexity index is 1050. The molecule has 1 unspecified atom stereocenters. The molecule has 1 saturated heterocycles. The molecule has 0 aromatic heterocycles. The number of carbonyl (C=O) groups is 1. The van der Waals surface area contributed by atoms with Crippen LogP contribution in [-0.2, 0) is 10.0 Å². The number of fused-ring (bicyclic) bond motifs is 1. The Balaban J connectivity index is 1.66. The van der Waals surface area contributed by atoms with E-state index in [1.807, 2.05) is 18.2 Å². The Kier molecular flexibility index (Phi) is 5.23. The van der Waals surface area contributed by atoms with Crippen LogP contribution in [0.25, 0.3) is 0 Å². The highest BCUT2D eigenvalue weighted by Crippen LogP contribution is 2.38. The fourth-order valence-corrected chi connectivity index (χ4v) is 4.45. The second kappa shape index (κ2) is 7.68. The van der Waals surface area contributed by atoms with E-state index < -0.39 is 10.0 Å². The van der Waals surface area contributed by atoms with Gasteiger partial charge in [0, 0.05) is 18.5 Å². The van der Waals surface area contributed by atoms with E-state index in [-0.39, 0.29) is 16.8 Å². The summed E-state index contributed by atoms with van der Waals surface area (Å²) in [4.78, 5) is 15.1. The summed E-state index contributed by atoms with van der Waals surface area (Å²) in [6.45, 7) is 3.62. The van der Waals surface area contributed by atoms with Crippen LogP contribution in [0.4, 0.5) is 0 Å². The number of aryl methyl sites for hydroxylation is 1. The maximum atomic E-state index is 13.3. The van der Waals surface area contributed by atoms with Gasteiger partial charge < -0.3 is 14.4 Å². The first-order valence-electron chi connectivity index (χ1n) is 9.68. The monoisotopic (exact) mass is 416 g/mol. The largest absolute Gasteiger partial charge is 0.490 e. The van der Waals surface area contributed by atoms with Gasteiger partial charge in [0.05, 0.1) is 24.2 Å². The predicted molar refractivity (Wildman–Crippen MR) is 108 cm³/mol. The number of likely N-dealkylation sites (tertiary alicyclic amines) is 1. The number of nitrogens with two attached hydrogens (primary N) is 1. The zero-order valence-corrected chi connectivity index (χ0v) is 17.1. The summed E-state index contributed by atoms with van der Waals surface area (Å²) in [6, 6.07) is 10.1. The molecule has 0 saturated carbocycles. The number of carbonyl (C=O) groups excluding carboxylic acids is 1. The van der Waals surface area contributed by atoms with Crippen molar-refractivity contribution in [3.8, 4) is 11.5 Å². The molecule has 2 N–H and O–H groups in total. The van der Waals surface area contributed by atoms with E-state index >= 15 is 0 Å². The number of nitrogens with zero attached hydrogens (tertiary/aromatic N) is 1. The molecule has 1 amide bonds. The molecular weight excluding hydrogens is 392 g/mol. The van der Waals surface area contributed by atoms with Gasteiger partial charge in [-0.25, -0.2) is 13.6 Å². The molecule has 0 spiro atoms. The summed E-state index contributed by atoms with van der Waals surface area (Å²) in [5.74, 6) is 1.23. The van der Waals surface area contributed by atoms with Crippen LogP contribution in [0.2, 0.25) is 0 Å². The van der Waals surface area contributed by atoms with Gasteiger partial charge in [-0.15, -0.1) is 0 Å². The number of hydrogen-bond donors (Lipinski definition) is 1. The molecular formula is C21H24N2O5S. The summed E-state index contributed by atoms with van der Waals surface area (Å²) in [5, 5.41) is 5.25. The number of benzene rings is 2. The standard InChI is InChI=1S/C21H24N2O5S/c1-14-5-7-16(29(22,25)26)13-17(14)21(24)23-9-2-4-18(23)15-6-8-19-20(12-15)28-11-3-10-27-19/h5-8,12-13,18H,2-4,9-11H2,1H3,(H2,22,25,26).